The van der Waals surface area contributed by atoms with Gasteiger partial charge in [-0.15, -0.1) is 0 Å². The Balaban J connectivity index is 1.31. The van der Waals surface area contributed by atoms with Crippen LogP contribution in [0.25, 0.3) is 88.4 Å². The summed E-state index contributed by atoms with van der Waals surface area (Å²) in [6.45, 7) is 17.2. The molecule has 1 aliphatic rings. The van der Waals surface area contributed by atoms with Gasteiger partial charge in [-0.2, -0.15) is 0 Å². The topological polar surface area (TPSA) is 35.9 Å². The highest BCUT2D eigenvalue weighted by atomic mass is 15.0. The van der Waals surface area contributed by atoms with E-state index in [0.29, 0.717) is 0 Å². The second kappa shape index (κ2) is 13.2. The van der Waals surface area contributed by atoms with Crippen molar-refractivity contribution in [1.82, 2.24) is 9.13 Å². The van der Waals surface area contributed by atoms with Crippen molar-refractivity contribution in [3.63, 3.8) is 0 Å². The Kier molecular flexibility index (Phi) is 8.27. The molecule has 0 bridgehead atoms. The van der Waals surface area contributed by atoms with Crippen LogP contribution in [0.4, 0.5) is 0 Å². The Hall–Kier alpha value is -6.32. The zero-order valence-electron chi connectivity index (χ0n) is 32.7. The summed E-state index contributed by atoms with van der Waals surface area (Å²) in [6, 6.07) is 37.2. The first-order chi connectivity index (χ1) is 26.7. The second-order valence-corrected chi connectivity index (χ2v) is 15.3. The molecule has 0 radical (unpaired) electrons. The molecule has 0 spiro atoms. The minimum atomic E-state index is 0.992. The lowest BCUT2D eigenvalue weighted by Crippen LogP contribution is -2.05. The first kappa shape index (κ1) is 34.4. The van der Waals surface area contributed by atoms with E-state index in [0.717, 1.165) is 24.2 Å². The smallest absolute Gasteiger partial charge is 0.0547 e. The number of aryl methyl sites for hydroxylation is 6. The van der Waals surface area contributed by atoms with Crippen LogP contribution >= 0.6 is 0 Å². The number of hydrogen-bond donors (Lipinski definition) is 1. The molecule has 0 atom stereocenters. The molecule has 2 N–H and O–H groups in total. The lowest BCUT2D eigenvalue weighted by Gasteiger charge is -2.22. The highest BCUT2D eigenvalue weighted by Crippen LogP contribution is 2.45. The van der Waals surface area contributed by atoms with Crippen molar-refractivity contribution in [2.45, 2.75) is 54.4 Å². The van der Waals surface area contributed by atoms with Gasteiger partial charge in [-0.05, 0) is 177 Å². The fraction of sp³-hybridized carbons (Fsp3) is 0.154. The number of benzene rings is 6. The number of fused-ring (bicyclic) bond motifs is 9. The third-order valence-corrected chi connectivity index (χ3v) is 11.9. The third kappa shape index (κ3) is 5.40. The molecule has 0 aliphatic heterocycles. The van der Waals surface area contributed by atoms with Gasteiger partial charge < -0.3 is 14.9 Å². The quantitative estimate of drug-likeness (QED) is 0.171. The molecule has 0 amide bonds. The molecule has 2 heterocycles. The molecule has 55 heavy (non-hydrogen) atoms. The molecule has 3 nitrogen and oxygen atoms in total. The maximum Gasteiger partial charge on any atom is 0.0547 e. The van der Waals surface area contributed by atoms with E-state index in [1.165, 1.54) is 110 Å². The van der Waals surface area contributed by atoms with E-state index >= 15 is 0 Å². The van der Waals surface area contributed by atoms with Gasteiger partial charge in [-0.25, -0.2) is 0 Å². The van der Waals surface area contributed by atoms with Crippen LogP contribution in [0.15, 0.2) is 134 Å². The number of aromatic nitrogens is 2. The van der Waals surface area contributed by atoms with Crippen molar-refractivity contribution in [3.05, 3.63) is 168 Å². The summed E-state index contributed by atoms with van der Waals surface area (Å²) >= 11 is 0. The zero-order valence-corrected chi connectivity index (χ0v) is 32.7. The molecular weight excluding hydrogens is 667 g/mol. The van der Waals surface area contributed by atoms with Crippen LogP contribution in [0, 0.1) is 27.7 Å². The number of allylic oxidation sites excluding steroid dienone is 6. The predicted molar refractivity (Wildman–Crippen MR) is 239 cm³/mol. The van der Waals surface area contributed by atoms with Gasteiger partial charge >= 0.3 is 0 Å². The second-order valence-electron chi connectivity index (χ2n) is 15.3. The number of hydrogen-bond acceptors (Lipinski definition) is 1. The fourth-order valence-corrected chi connectivity index (χ4v) is 9.13. The summed E-state index contributed by atoms with van der Waals surface area (Å²) in [5.74, 6) is 0. The highest BCUT2D eigenvalue weighted by molar-refractivity contribution is 6.15. The maximum absolute atomic E-state index is 6.06. The lowest BCUT2D eigenvalue weighted by atomic mass is 9.84. The molecule has 1 aliphatic carbocycles. The van der Waals surface area contributed by atoms with Gasteiger partial charge in [0, 0.05) is 32.9 Å². The van der Waals surface area contributed by atoms with Crippen LogP contribution in [0.3, 0.4) is 0 Å². The van der Waals surface area contributed by atoms with Gasteiger partial charge in [-0.1, -0.05) is 78.4 Å². The van der Waals surface area contributed by atoms with Crippen molar-refractivity contribution < 1.29 is 0 Å². The van der Waals surface area contributed by atoms with Crippen LogP contribution in [-0.2, 0) is 12.8 Å². The fourth-order valence-electron chi connectivity index (χ4n) is 9.13. The van der Waals surface area contributed by atoms with E-state index in [4.69, 9.17) is 5.73 Å². The zero-order chi connectivity index (χ0) is 38.1. The molecule has 9 rings (SSSR count). The molecule has 0 saturated heterocycles. The maximum atomic E-state index is 6.06. The van der Waals surface area contributed by atoms with Gasteiger partial charge in [0.15, 0.2) is 0 Å². The molecule has 8 aromatic rings. The van der Waals surface area contributed by atoms with Crippen LogP contribution in [0.2, 0.25) is 0 Å². The molecule has 6 aromatic carbocycles. The molecule has 3 heteroatoms. The Bertz CT molecular complexity index is 3010. The Morgan fingerprint density at radius 2 is 0.982 bits per heavy atom. The van der Waals surface area contributed by atoms with Crippen LogP contribution < -0.4 is 5.73 Å². The summed E-state index contributed by atoms with van der Waals surface area (Å²) in [4.78, 5) is 0. The first-order valence-corrected chi connectivity index (χ1v) is 19.4. The monoisotopic (exact) mass is 713 g/mol. The highest BCUT2D eigenvalue weighted by Gasteiger charge is 2.24. The molecule has 0 unspecified atom stereocenters. The van der Waals surface area contributed by atoms with Crippen molar-refractivity contribution in [1.29, 1.82) is 0 Å². The SMILES string of the molecule is C=C/C(=C\C)n1c2ccc(-c3cc(C)ccc3C)cc2c2cc3c(cc21)-c1cc2c(cc1CC3)c1cc(-c3cc(C)ccc3C)ccc1n2C(/C=C\N)=C/C. The van der Waals surface area contributed by atoms with E-state index < -0.39 is 0 Å². The van der Waals surface area contributed by atoms with Gasteiger partial charge in [0.25, 0.3) is 0 Å². The van der Waals surface area contributed by atoms with Crippen LogP contribution in [0.1, 0.15) is 47.2 Å². The average molecular weight is 714 g/mol. The molecule has 0 saturated carbocycles. The Morgan fingerprint density at radius 1 is 0.527 bits per heavy atom. The Labute approximate surface area is 324 Å². The lowest BCUT2D eigenvalue weighted by molar-refractivity contribution is 0.946. The van der Waals surface area contributed by atoms with Crippen LogP contribution in [-0.4, -0.2) is 9.13 Å². The van der Waals surface area contributed by atoms with Gasteiger partial charge in [-0.3, -0.25) is 0 Å². The minimum absolute atomic E-state index is 0.992. The first-order valence-electron chi connectivity index (χ1n) is 19.4. The molecular formula is C52H47N3. The molecule has 2 aromatic heterocycles. The average Bonchev–Trinajstić information content (AvgIpc) is 3.68. The van der Waals surface area contributed by atoms with Gasteiger partial charge in [0.2, 0.25) is 0 Å². The standard InChI is InChI=1S/C52H47N3/c1-8-39(9-2)54-49-19-17-35(41-23-31(4)11-13-33(41)6)25-45(49)47-27-37-15-16-38-28-48-46-26-36(42-24-32(5)12-14-34(42)7)18-20-50(46)55(40(10-3)21-22-53)52(48)30-44(38)43(37)29-51(47)54/h8-14,17-30H,1,15-16,53H2,2-7H3/b22-21-,39-9+,40-10+. The number of rotatable bonds is 6. The van der Waals surface area contributed by atoms with Crippen molar-refractivity contribution in [3.8, 4) is 33.4 Å². The summed E-state index contributed by atoms with van der Waals surface area (Å²) in [5, 5.41) is 5.07. The summed E-state index contributed by atoms with van der Waals surface area (Å²) in [6.07, 6.45) is 11.9. The summed E-state index contributed by atoms with van der Waals surface area (Å²) in [7, 11) is 0. The van der Waals surface area contributed by atoms with Crippen LogP contribution in [0.5, 0.6) is 0 Å². The van der Waals surface area contributed by atoms with E-state index in [9.17, 15) is 0 Å². The van der Waals surface area contributed by atoms with Crippen molar-refractivity contribution >= 4 is 55.0 Å². The number of nitrogens with two attached hydrogens (primary N) is 1. The normalized spacial score (nSPS) is 13.4. The summed E-state index contributed by atoms with van der Waals surface area (Å²) < 4.78 is 4.78. The van der Waals surface area contributed by atoms with E-state index in [1.54, 1.807) is 6.20 Å². The van der Waals surface area contributed by atoms with Gasteiger partial charge in [0.05, 0.1) is 22.1 Å². The number of nitrogens with zero attached hydrogens (tertiary/aromatic N) is 2. The summed E-state index contributed by atoms with van der Waals surface area (Å²) in [5.41, 5.74) is 28.5. The van der Waals surface area contributed by atoms with E-state index in [1.807, 2.05) is 12.2 Å². The van der Waals surface area contributed by atoms with Gasteiger partial charge in [0.1, 0.15) is 0 Å². The van der Waals surface area contributed by atoms with E-state index in [-0.39, 0.29) is 0 Å². The molecule has 270 valence electrons. The van der Waals surface area contributed by atoms with Crippen molar-refractivity contribution in [2.75, 3.05) is 0 Å². The predicted octanol–water partition coefficient (Wildman–Crippen LogP) is 13.6. The Morgan fingerprint density at radius 3 is 1.42 bits per heavy atom. The minimum Gasteiger partial charge on any atom is -0.405 e. The third-order valence-electron chi connectivity index (χ3n) is 11.9. The molecule has 0 fully saturated rings. The van der Waals surface area contributed by atoms with E-state index in [2.05, 4.69) is 166 Å². The largest absolute Gasteiger partial charge is 0.405 e. The van der Waals surface area contributed by atoms with Crippen molar-refractivity contribution in [2.24, 2.45) is 5.73 Å².